The van der Waals surface area contributed by atoms with Crippen LogP contribution in [0.15, 0.2) is 0 Å². The fourth-order valence-corrected chi connectivity index (χ4v) is 3.51. The summed E-state index contributed by atoms with van der Waals surface area (Å²) < 4.78 is 0. The van der Waals surface area contributed by atoms with Gasteiger partial charge in [-0.2, -0.15) is 0 Å². The number of nitrogens with two attached hydrogens (primary N) is 1. The van der Waals surface area contributed by atoms with Crippen LogP contribution >= 0.6 is 0 Å². The van der Waals surface area contributed by atoms with Gasteiger partial charge >= 0.3 is 0 Å². The number of hydrogen-bond donors (Lipinski definition) is 1. The molecule has 0 aliphatic heterocycles. The first kappa shape index (κ1) is 15.9. The lowest BCUT2D eigenvalue weighted by molar-refractivity contribution is 0.0701. The van der Waals surface area contributed by atoms with Gasteiger partial charge in [0.1, 0.15) is 0 Å². The zero-order valence-electron chi connectivity index (χ0n) is 13.0. The highest BCUT2D eigenvalue weighted by molar-refractivity contribution is 4.91. The highest BCUT2D eigenvalue weighted by Crippen LogP contribution is 2.30. The second kappa shape index (κ2) is 7.46. The lowest BCUT2D eigenvalue weighted by atomic mass is 9.80. The van der Waals surface area contributed by atoms with Crippen molar-refractivity contribution < 1.29 is 0 Å². The number of rotatable bonds is 6. The molecule has 1 rings (SSSR count). The van der Waals surface area contributed by atoms with Crippen LogP contribution in [-0.4, -0.2) is 55.1 Å². The number of hydrogen-bond acceptors (Lipinski definition) is 3. The lowest BCUT2D eigenvalue weighted by Gasteiger charge is -2.44. The molecule has 3 nitrogen and oxygen atoms in total. The molecule has 0 saturated heterocycles. The Morgan fingerprint density at radius 1 is 1.22 bits per heavy atom. The summed E-state index contributed by atoms with van der Waals surface area (Å²) in [5, 5.41) is 0. The van der Waals surface area contributed by atoms with E-state index in [-0.39, 0.29) is 0 Å². The Morgan fingerprint density at radius 3 is 2.39 bits per heavy atom. The van der Waals surface area contributed by atoms with Crippen LogP contribution in [0.2, 0.25) is 0 Å². The SMILES string of the molecule is CCC1CCC(N)C(N(CC)C(C)CN(C)C)C1. The van der Waals surface area contributed by atoms with Crippen LogP contribution in [0.3, 0.4) is 0 Å². The Balaban J connectivity index is 2.66. The third-order valence-corrected chi connectivity index (χ3v) is 4.54. The largest absolute Gasteiger partial charge is 0.326 e. The van der Waals surface area contributed by atoms with Crippen LogP contribution in [-0.2, 0) is 0 Å². The molecule has 0 amide bonds. The molecule has 108 valence electrons. The summed E-state index contributed by atoms with van der Waals surface area (Å²) in [6.45, 7) is 9.16. The molecule has 0 radical (unpaired) electrons. The van der Waals surface area contributed by atoms with Gasteiger partial charge in [0.25, 0.3) is 0 Å². The third kappa shape index (κ3) is 4.22. The standard InChI is InChI=1S/C15H33N3/c1-6-13-8-9-14(16)15(10-13)18(7-2)12(3)11-17(4)5/h12-15H,6-11,16H2,1-5H3. The van der Waals surface area contributed by atoms with E-state index in [0.717, 1.165) is 19.0 Å². The van der Waals surface area contributed by atoms with E-state index >= 15 is 0 Å². The topological polar surface area (TPSA) is 32.5 Å². The second-order valence-electron chi connectivity index (χ2n) is 6.26. The van der Waals surface area contributed by atoms with E-state index in [1.807, 2.05) is 0 Å². The summed E-state index contributed by atoms with van der Waals surface area (Å²) in [4.78, 5) is 4.91. The predicted octanol–water partition coefficient (Wildman–Crippen LogP) is 2.16. The van der Waals surface area contributed by atoms with Crippen molar-refractivity contribution in [2.45, 2.75) is 64.6 Å². The van der Waals surface area contributed by atoms with E-state index in [2.05, 4.69) is 44.7 Å². The van der Waals surface area contributed by atoms with Crippen molar-refractivity contribution in [3.8, 4) is 0 Å². The van der Waals surface area contributed by atoms with Crippen molar-refractivity contribution in [1.29, 1.82) is 0 Å². The molecule has 2 N–H and O–H groups in total. The first-order valence-electron chi connectivity index (χ1n) is 7.65. The average molecular weight is 255 g/mol. The Bertz CT molecular complexity index is 230. The van der Waals surface area contributed by atoms with Gasteiger partial charge in [-0.15, -0.1) is 0 Å². The molecule has 0 aromatic rings. The van der Waals surface area contributed by atoms with Gasteiger partial charge in [-0.05, 0) is 52.7 Å². The minimum absolute atomic E-state index is 0.373. The van der Waals surface area contributed by atoms with Crippen molar-refractivity contribution in [2.75, 3.05) is 27.2 Å². The van der Waals surface area contributed by atoms with E-state index in [1.54, 1.807) is 0 Å². The molecule has 1 aliphatic rings. The maximum absolute atomic E-state index is 6.39. The van der Waals surface area contributed by atoms with Gasteiger partial charge in [0.2, 0.25) is 0 Å². The van der Waals surface area contributed by atoms with Crippen molar-refractivity contribution in [1.82, 2.24) is 9.80 Å². The van der Waals surface area contributed by atoms with Crippen LogP contribution < -0.4 is 5.73 Å². The maximum Gasteiger partial charge on any atom is 0.0253 e. The van der Waals surface area contributed by atoms with Crippen LogP contribution in [0.1, 0.15) is 46.5 Å². The molecule has 1 saturated carbocycles. The van der Waals surface area contributed by atoms with Gasteiger partial charge in [-0.1, -0.05) is 20.3 Å². The van der Waals surface area contributed by atoms with Gasteiger partial charge in [0.15, 0.2) is 0 Å². The Labute approximate surface area is 114 Å². The van der Waals surface area contributed by atoms with E-state index in [0.29, 0.717) is 18.1 Å². The highest BCUT2D eigenvalue weighted by Gasteiger charge is 2.33. The smallest absolute Gasteiger partial charge is 0.0253 e. The predicted molar refractivity (Wildman–Crippen MR) is 79.8 cm³/mol. The van der Waals surface area contributed by atoms with Crippen LogP contribution in [0, 0.1) is 5.92 Å². The fourth-order valence-electron chi connectivity index (χ4n) is 3.51. The number of likely N-dealkylation sites (N-methyl/N-ethyl adjacent to an activating group) is 2. The Kier molecular flexibility index (Phi) is 6.61. The molecular formula is C15H33N3. The van der Waals surface area contributed by atoms with Gasteiger partial charge in [0.05, 0.1) is 0 Å². The highest BCUT2D eigenvalue weighted by atomic mass is 15.2. The summed E-state index contributed by atoms with van der Waals surface area (Å²) in [6, 6.07) is 1.55. The average Bonchev–Trinajstić information content (AvgIpc) is 2.31. The maximum atomic E-state index is 6.39. The van der Waals surface area contributed by atoms with E-state index < -0.39 is 0 Å². The molecule has 0 heterocycles. The molecule has 4 unspecified atom stereocenters. The molecule has 3 heteroatoms. The quantitative estimate of drug-likeness (QED) is 0.789. The third-order valence-electron chi connectivity index (χ3n) is 4.54. The van der Waals surface area contributed by atoms with Gasteiger partial charge in [-0.25, -0.2) is 0 Å². The van der Waals surface area contributed by atoms with Crippen molar-refractivity contribution in [3.63, 3.8) is 0 Å². The normalized spacial score (nSPS) is 31.0. The number of nitrogens with zero attached hydrogens (tertiary/aromatic N) is 2. The molecule has 0 aromatic heterocycles. The zero-order chi connectivity index (χ0) is 13.7. The zero-order valence-corrected chi connectivity index (χ0v) is 13.0. The minimum Gasteiger partial charge on any atom is -0.326 e. The van der Waals surface area contributed by atoms with E-state index in [9.17, 15) is 0 Å². The second-order valence-corrected chi connectivity index (χ2v) is 6.26. The summed E-state index contributed by atoms with van der Waals surface area (Å²) >= 11 is 0. The lowest BCUT2D eigenvalue weighted by Crippen LogP contribution is -2.55. The summed E-state index contributed by atoms with van der Waals surface area (Å²) in [6.07, 6.45) is 5.13. The van der Waals surface area contributed by atoms with Crippen LogP contribution in [0.5, 0.6) is 0 Å². The summed E-state index contributed by atoms with van der Waals surface area (Å²) in [5.41, 5.74) is 6.39. The fraction of sp³-hybridized carbons (Fsp3) is 1.00. The molecule has 4 atom stereocenters. The molecular weight excluding hydrogens is 222 g/mol. The minimum atomic E-state index is 0.373. The van der Waals surface area contributed by atoms with Crippen molar-refractivity contribution in [3.05, 3.63) is 0 Å². The van der Waals surface area contributed by atoms with Crippen molar-refractivity contribution in [2.24, 2.45) is 11.7 Å². The Morgan fingerprint density at radius 2 is 1.89 bits per heavy atom. The molecule has 18 heavy (non-hydrogen) atoms. The first-order valence-corrected chi connectivity index (χ1v) is 7.65. The molecule has 0 spiro atoms. The molecule has 0 bridgehead atoms. The van der Waals surface area contributed by atoms with Gasteiger partial charge in [-0.3, -0.25) is 4.90 Å². The molecule has 0 aromatic carbocycles. The molecule has 1 aliphatic carbocycles. The molecule has 1 fully saturated rings. The monoisotopic (exact) mass is 255 g/mol. The van der Waals surface area contributed by atoms with Crippen LogP contribution in [0.25, 0.3) is 0 Å². The summed E-state index contributed by atoms with van der Waals surface area (Å²) in [5.74, 6) is 0.885. The van der Waals surface area contributed by atoms with Crippen LogP contribution in [0.4, 0.5) is 0 Å². The van der Waals surface area contributed by atoms with Crippen molar-refractivity contribution >= 4 is 0 Å². The van der Waals surface area contributed by atoms with Gasteiger partial charge < -0.3 is 10.6 Å². The van der Waals surface area contributed by atoms with E-state index in [4.69, 9.17) is 5.73 Å². The van der Waals surface area contributed by atoms with E-state index in [1.165, 1.54) is 25.7 Å². The van der Waals surface area contributed by atoms with Gasteiger partial charge in [0, 0.05) is 24.7 Å². The Hall–Kier alpha value is -0.120. The summed E-state index contributed by atoms with van der Waals surface area (Å²) in [7, 11) is 4.31. The first-order chi connectivity index (χ1) is 8.49.